The maximum Gasteiger partial charge on any atom is 0.138 e. The number of aliphatic hydroxyl groups is 1. The Morgan fingerprint density at radius 3 is 2.94 bits per heavy atom. The van der Waals surface area contributed by atoms with E-state index in [1.54, 1.807) is 13.0 Å². The van der Waals surface area contributed by atoms with Crippen molar-refractivity contribution in [2.75, 3.05) is 11.5 Å². The lowest BCUT2D eigenvalue weighted by Gasteiger charge is -2.15. The molecule has 0 saturated carbocycles. The summed E-state index contributed by atoms with van der Waals surface area (Å²) in [6.07, 6.45) is 0.868. The van der Waals surface area contributed by atoms with Crippen molar-refractivity contribution in [3.05, 3.63) is 28.8 Å². The lowest BCUT2D eigenvalue weighted by atomic mass is 10.1. The minimum atomic E-state index is -0.492. The minimum absolute atomic E-state index is 0.278. The molecular formula is C12H15ClO2S. The first kappa shape index (κ1) is 12.1. The molecule has 1 heterocycles. The van der Waals surface area contributed by atoms with Crippen LogP contribution in [0.5, 0.6) is 5.75 Å². The summed E-state index contributed by atoms with van der Waals surface area (Å²) in [5.74, 6) is 2.92. The highest BCUT2D eigenvalue weighted by atomic mass is 35.5. The van der Waals surface area contributed by atoms with Crippen molar-refractivity contribution in [3.8, 4) is 5.75 Å². The Kier molecular flexibility index (Phi) is 4.00. The number of halogens is 1. The zero-order valence-electron chi connectivity index (χ0n) is 9.15. The quantitative estimate of drug-likeness (QED) is 0.902. The van der Waals surface area contributed by atoms with Gasteiger partial charge in [-0.25, -0.2) is 0 Å². The molecule has 4 heteroatoms. The van der Waals surface area contributed by atoms with E-state index in [0.29, 0.717) is 5.02 Å². The molecule has 1 fully saturated rings. The van der Waals surface area contributed by atoms with Gasteiger partial charge in [0.15, 0.2) is 0 Å². The maximum absolute atomic E-state index is 9.42. The molecule has 16 heavy (non-hydrogen) atoms. The monoisotopic (exact) mass is 258 g/mol. The molecule has 0 aromatic heterocycles. The van der Waals surface area contributed by atoms with Crippen LogP contribution in [0.4, 0.5) is 0 Å². The van der Waals surface area contributed by atoms with Crippen LogP contribution in [0.2, 0.25) is 5.02 Å². The van der Waals surface area contributed by atoms with E-state index in [-0.39, 0.29) is 6.10 Å². The van der Waals surface area contributed by atoms with Crippen molar-refractivity contribution in [1.82, 2.24) is 0 Å². The summed E-state index contributed by atoms with van der Waals surface area (Å²) >= 11 is 8.02. The molecule has 0 bridgehead atoms. The van der Waals surface area contributed by atoms with Crippen molar-refractivity contribution in [3.63, 3.8) is 0 Å². The van der Waals surface area contributed by atoms with E-state index in [1.807, 2.05) is 23.9 Å². The van der Waals surface area contributed by atoms with E-state index >= 15 is 0 Å². The van der Waals surface area contributed by atoms with Gasteiger partial charge < -0.3 is 9.84 Å². The molecule has 2 nitrogen and oxygen atoms in total. The van der Waals surface area contributed by atoms with Crippen molar-refractivity contribution >= 4 is 23.4 Å². The summed E-state index contributed by atoms with van der Waals surface area (Å²) in [6.45, 7) is 1.72. The van der Waals surface area contributed by atoms with Crippen molar-refractivity contribution in [2.24, 2.45) is 0 Å². The fourth-order valence-electron chi connectivity index (χ4n) is 1.66. The third-order valence-electron chi connectivity index (χ3n) is 2.62. The Morgan fingerprint density at radius 2 is 2.38 bits per heavy atom. The van der Waals surface area contributed by atoms with E-state index in [1.165, 1.54) is 0 Å². The third kappa shape index (κ3) is 2.84. The van der Waals surface area contributed by atoms with Crippen LogP contribution >= 0.6 is 23.4 Å². The van der Waals surface area contributed by atoms with Crippen LogP contribution in [0.25, 0.3) is 0 Å². The highest BCUT2D eigenvalue weighted by molar-refractivity contribution is 7.99. The van der Waals surface area contributed by atoms with Gasteiger partial charge in [-0.3, -0.25) is 0 Å². The number of hydrogen-bond acceptors (Lipinski definition) is 3. The summed E-state index contributed by atoms with van der Waals surface area (Å²) in [6, 6.07) is 5.46. The van der Waals surface area contributed by atoms with E-state index in [9.17, 15) is 5.11 Å². The average molecular weight is 259 g/mol. The van der Waals surface area contributed by atoms with Crippen LogP contribution in [0.15, 0.2) is 18.2 Å². The van der Waals surface area contributed by atoms with Crippen LogP contribution in [0.3, 0.4) is 0 Å². The second-order valence-corrected chi connectivity index (χ2v) is 5.53. The first-order valence-electron chi connectivity index (χ1n) is 5.38. The lowest BCUT2D eigenvalue weighted by molar-refractivity contribution is 0.198. The predicted octanol–water partition coefficient (Wildman–Crippen LogP) is 3.28. The largest absolute Gasteiger partial charge is 0.488 e. The molecule has 1 aliphatic heterocycles. The van der Waals surface area contributed by atoms with E-state index in [2.05, 4.69) is 0 Å². The zero-order valence-corrected chi connectivity index (χ0v) is 10.7. The molecule has 2 unspecified atom stereocenters. The van der Waals surface area contributed by atoms with E-state index in [4.69, 9.17) is 16.3 Å². The molecule has 0 aliphatic carbocycles. The van der Waals surface area contributed by atoms with Crippen LogP contribution < -0.4 is 4.74 Å². The standard InChI is InChI=1S/C12H15ClO2S/c1-8(14)9-2-3-12(11(13)6-9)15-10-4-5-16-7-10/h2-3,6,8,10,14H,4-5,7H2,1H3. The summed E-state index contributed by atoms with van der Waals surface area (Å²) in [4.78, 5) is 0. The average Bonchev–Trinajstić information content (AvgIpc) is 2.73. The zero-order chi connectivity index (χ0) is 11.5. The van der Waals surface area contributed by atoms with Gasteiger partial charge in [0.1, 0.15) is 11.9 Å². The Balaban J connectivity index is 2.09. The number of thioether (sulfide) groups is 1. The molecule has 1 saturated heterocycles. The number of hydrogen-bond donors (Lipinski definition) is 1. The van der Waals surface area contributed by atoms with Gasteiger partial charge in [0.25, 0.3) is 0 Å². The number of aliphatic hydroxyl groups excluding tert-OH is 1. The SMILES string of the molecule is CC(O)c1ccc(OC2CCSC2)c(Cl)c1. The number of ether oxygens (including phenoxy) is 1. The van der Waals surface area contributed by atoms with Gasteiger partial charge in [-0.05, 0) is 36.8 Å². The van der Waals surface area contributed by atoms with Gasteiger partial charge in [-0.2, -0.15) is 11.8 Å². The molecule has 1 aliphatic rings. The molecule has 2 rings (SSSR count). The lowest BCUT2D eigenvalue weighted by Crippen LogP contribution is -2.15. The molecule has 88 valence electrons. The highest BCUT2D eigenvalue weighted by Gasteiger charge is 2.18. The van der Waals surface area contributed by atoms with Gasteiger partial charge >= 0.3 is 0 Å². The second-order valence-electron chi connectivity index (χ2n) is 3.97. The first-order valence-corrected chi connectivity index (χ1v) is 6.92. The van der Waals surface area contributed by atoms with Gasteiger partial charge in [-0.15, -0.1) is 0 Å². The first-order chi connectivity index (χ1) is 7.66. The Morgan fingerprint density at radius 1 is 1.56 bits per heavy atom. The molecular weight excluding hydrogens is 244 g/mol. The van der Waals surface area contributed by atoms with Crippen molar-refractivity contribution in [1.29, 1.82) is 0 Å². The molecule has 0 spiro atoms. The molecule has 1 aromatic rings. The van der Waals surface area contributed by atoms with Gasteiger partial charge in [-0.1, -0.05) is 17.7 Å². The summed E-state index contributed by atoms with van der Waals surface area (Å²) in [5.41, 5.74) is 0.818. The molecule has 1 aromatic carbocycles. The number of benzene rings is 1. The topological polar surface area (TPSA) is 29.5 Å². The normalized spacial score (nSPS) is 22.1. The molecule has 0 radical (unpaired) electrons. The van der Waals surface area contributed by atoms with Crippen LogP contribution in [-0.2, 0) is 0 Å². The van der Waals surface area contributed by atoms with Gasteiger partial charge in [0, 0.05) is 5.75 Å². The molecule has 2 atom stereocenters. The van der Waals surface area contributed by atoms with Crippen LogP contribution in [0, 0.1) is 0 Å². The van der Waals surface area contributed by atoms with Crippen LogP contribution in [0.1, 0.15) is 25.0 Å². The van der Waals surface area contributed by atoms with Crippen LogP contribution in [-0.4, -0.2) is 22.7 Å². The maximum atomic E-state index is 9.42. The molecule has 1 N–H and O–H groups in total. The van der Waals surface area contributed by atoms with E-state index in [0.717, 1.165) is 29.2 Å². The third-order valence-corrected chi connectivity index (χ3v) is 4.05. The summed E-state index contributed by atoms with van der Waals surface area (Å²) in [7, 11) is 0. The predicted molar refractivity (Wildman–Crippen MR) is 68.4 cm³/mol. The highest BCUT2D eigenvalue weighted by Crippen LogP contribution is 2.31. The fourth-order valence-corrected chi connectivity index (χ4v) is 2.99. The van der Waals surface area contributed by atoms with Crippen molar-refractivity contribution < 1.29 is 9.84 Å². The smallest absolute Gasteiger partial charge is 0.138 e. The minimum Gasteiger partial charge on any atom is -0.488 e. The second kappa shape index (κ2) is 5.30. The van der Waals surface area contributed by atoms with Gasteiger partial charge in [0.05, 0.1) is 11.1 Å². The Labute approximate surface area is 105 Å². The van der Waals surface area contributed by atoms with Crippen molar-refractivity contribution in [2.45, 2.75) is 25.6 Å². The number of rotatable bonds is 3. The fraction of sp³-hybridized carbons (Fsp3) is 0.500. The Bertz CT molecular complexity index is 362. The van der Waals surface area contributed by atoms with Gasteiger partial charge in [0.2, 0.25) is 0 Å². The molecule has 0 amide bonds. The summed E-state index contributed by atoms with van der Waals surface area (Å²) in [5, 5.41) is 10.00. The Hall–Kier alpha value is -0.380. The van der Waals surface area contributed by atoms with E-state index < -0.39 is 6.10 Å². The summed E-state index contributed by atoms with van der Waals surface area (Å²) < 4.78 is 5.81.